The molecule has 0 bridgehead atoms. The van der Waals surface area contributed by atoms with Crippen molar-refractivity contribution in [1.82, 2.24) is 5.32 Å². The maximum atomic E-state index is 11.6. The number of nitrogens with one attached hydrogen (secondary N) is 1. The lowest BCUT2D eigenvalue weighted by Gasteiger charge is -2.07. The van der Waals surface area contributed by atoms with Crippen LogP contribution in [-0.2, 0) is 14.6 Å². The molecule has 1 aliphatic rings. The van der Waals surface area contributed by atoms with Gasteiger partial charge in [-0.2, -0.15) is 0 Å². The van der Waals surface area contributed by atoms with E-state index in [-0.39, 0.29) is 23.3 Å². The molecule has 1 amide bonds. The average molecular weight is 294 g/mol. The van der Waals surface area contributed by atoms with Crippen LogP contribution in [0.2, 0.25) is 0 Å². The Hall–Kier alpha value is -1.82. The summed E-state index contributed by atoms with van der Waals surface area (Å²) in [4.78, 5) is 11.6. The SMILES string of the molecule is Nc1cccc(/C=C/C(=O)NCC2CCS(=O)(=O)C2)c1. The summed E-state index contributed by atoms with van der Waals surface area (Å²) in [6, 6.07) is 7.21. The van der Waals surface area contributed by atoms with Gasteiger partial charge in [0.15, 0.2) is 9.84 Å². The van der Waals surface area contributed by atoms with Crippen molar-refractivity contribution in [2.75, 3.05) is 23.8 Å². The molecule has 1 aromatic carbocycles. The first-order valence-corrected chi connectivity index (χ1v) is 8.29. The van der Waals surface area contributed by atoms with Crippen LogP contribution < -0.4 is 11.1 Å². The first-order chi connectivity index (χ1) is 9.44. The molecule has 0 spiro atoms. The molecule has 2 rings (SSSR count). The highest BCUT2D eigenvalue weighted by atomic mass is 32.2. The van der Waals surface area contributed by atoms with Gasteiger partial charge in [-0.3, -0.25) is 4.79 Å². The molecule has 0 radical (unpaired) electrons. The number of nitrogen functional groups attached to an aromatic ring is 1. The minimum atomic E-state index is -2.89. The fourth-order valence-electron chi connectivity index (χ4n) is 2.17. The third-order valence-electron chi connectivity index (χ3n) is 3.23. The summed E-state index contributed by atoms with van der Waals surface area (Å²) in [6.07, 6.45) is 3.73. The number of carbonyl (C=O) groups is 1. The third kappa shape index (κ3) is 4.38. The molecule has 1 aliphatic heterocycles. The monoisotopic (exact) mass is 294 g/mol. The molecule has 3 N–H and O–H groups in total. The van der Waals surface area contributed by atoms with Crippen LogP contribution in [0.3, 0.4) is 0 Å². The molecule has 5 nitrogen and oxygen atoms in total. The van der Waals surface area contributed by atoms with Crippen LogP contribution in [-0.4, -0.2) is 32.4 Å². The number of amides is 1. The quantitative estimate of drug-likeness (QED) is 0.636. The van der Waals surface area contributed by atoms with Gasteiger partial charge in [0.05, 0.1) is 11.5 Å². The normalized spacial score (nSPS) is 21.1. The second-order valence-corrected chi connectivity index (χ2v) is 7.25. The van der Waals surface area contributed by atoms with E-state index in [2.05, 4.69) is 5.32 Å². The first-order valence-electron chi connectivity index (χ1n) is 6.46. The fraction of sp³-hybridized carbons (Fsp3) is 0.357. The molecule has 108 valence electrons. The highest BCUT2D eigenvalue weighted by Gasteiger charge is 2.27. The van der Waals surface area contributed by atoms with Crippen molar-refractivity contribution in [2.24, 2.45) is 5.92 Å². The van der Waals surface area contributed by atoms with Crippen LogP contribution in [0, 0.1) is 5.92 Å². The number of carbonyl (C=O) groups excluding carboxylic acids is 1. The molecule has 6 heteroatoms. The number of rotatable bonds is 4. The van der Waals surface area contributed by atoms with Gasteiger partial charge in [0, 0.05) is 18.3 Å². The summed E-state index contributed by atoms with van der Waals surface area (Å²) in [7, 11) is -2.89. The lowest BCUT2D eigenvalue weighted by molar-refractivity contribution is -0.116. The van der Waals surface area contributed by atoms with Crippen molar-refractivity contribution in [3.8, 4) is 0 Å². The molecule has 0 aliphatic carbocycles. The highest BCUT2D eigenvalue weighted by Crippen LogP contribution is 2.17. The minimum Gasteiger partial charge on any atom is -0.399 e. The van der Waals surface area contributed by atoms with Crippen LogP contribution in [0.25, 0.3) is 6.08 Å². The zero-order chi connectivity index (χ0) is 14.6. The lowest BCUT2D eigenvalue weighted by Crippen LogP contribution is -2.28. The van der Waals surface area contributed by atoms with Gasteiger partial charge in [0.1, 0.15) is 0 Å². The number of hydrogen-bond acceptors (Lipinski definition) is 4. The second kappa shape index (κ2) is 6.09. The summed E-state index contributed by atoms with van der Waals surface area (Å²) in [6.45, 7) is 0.402. The molecule has 0 aromatic heterocycles. The zero-order valence-electron chi connectivity index (χ0n) is 11.1. The molecule has 1 atom stereocenters. The number of sulfone groups is 1. The summed E-state index contributed by atoms with van der Waals surface area (Å²) in [5.74, 6) is 0.209. The molecular weight excluding hydrogens is 276 g/mol. The Morgan fingerprint density at radius 3 is 2.90 bits per heavy atom. The summed E-state index contributed by atoms with van der Waals surface area (Å²) < 4.78 is 22.6. The van der Waals surface area contributed by atoms with Crippen LogP contribution in [0.4, 0.5) is 5.69 Å². The first kappa shape index (κ1) is 14.6. The molecule has 1 saturated heterocycles. The van der Waals surface area contributed by atoms with E-state index in [4.69, 9.17) is 5.73 Å². The van der Waals surface area contributed by atoms with Crippen LogP contribution in [0.5, 0.6) is 0 Å². The molecule has 1 unspecified atom stereocenters. The van der Waals surface area contributed by atoms with Crippen molar-refractivity contribution in [1.29, 1.82) is 0 Å². The van der Waals surface area contributed by atoms with E-state index < -0.39 is 9.84 Å². The number of anilines is 1. The maximum absolute atomic E-state index is 11.6. The molecule has 0 saturated carbocycles. The summed E-state index contributed by atoms with van der Waals surface area (Å²) >= 11 is 0. The van der Waals surface area contributed by atoms with Gasteiger partial charge < -0.3 is 11.1 Å². The molecule has 1 aromatic rings. The Morgan fingerprint density at radius 2 is 2.25 bits per heavy atom. The van der Waals surface area contributed by atoms with E-state index in [1.807, 2.05) is 12.1 Å². The van der Waals surface area contributed by atoms with E-state index in [9.17, 15) is 13.2 Å². The molecule has 1 heterocycles. The van der Waals surface area contributed by atoms with E-state index in [1.165, 1.54) is 6.08 Å². The van der Waals surface area contributed by atoms with Gasteiger partial charge in [-0.05, 0) is 36.1 Å². The predicted molar refractivity (Wildman–Crippen MR) is 79.7 cm³/mol. The fourth-order valence-corrected chi connectivity index (χ4v) is 4.03. The molecule has 20 heavy (non-hydrogen) atoms. The number of hydrogen-bond donors (Lipinski definition) is 2. The second-order valence-electron chi connectivity index (χ2n) is 5.02. The van der Waals surface area contributed by atoms with Crippen molar-refractivity contribution in [3.63, 3.8) is 0 Å². The summed E-state index contributed by atoms with van der Waals surface area (Å²) in [5, 5.41) is 2.73. The van der Waals surface area contributed by atoms with Gasteiger partial charge in [-0.15, -0.1) is 0 Å². The number of nitrogens with two attached hydrogens (primary N) is 1. The largest absolute Gasteiger partial charge is 0.399 e. The van der Waals surface area contributed by atoms with Crippen LogP contribution in [0.15, 0.2) is 30.3 Å². The van der Waals surface area contributed by atoms with Crippen molar-refractivity contribution < 1.29 is 13.2 Å². The van der Waals surface area contributed by atoms with E-state index in [0.29, 0.717) is 18.7 Å². The topological polar surface area (TPSA) is 89.3 Å². The maximum Gasteiger partial charge on any atom is 0.244 e. The van der Waals surface area contributed by atoms with Crippen molar-refractivity contribution >= 4 is 27.5 Å². The number of benzene rings is 1. The average Bonchev–Trinajstić information content (AvgIpc) is 2.74. The smallest absolute Gasteiger partial charge is 0.244 e. The Kier molecular flexibility index (Phi) is 4.44. The molecule has 1 fully saturated rings. The third-order valence-corrected chi connectivity index (χ3v) is 5.07. The van der Waals surface area contributed by atoms with E-state index >= 15 is 0 Å². The Balaban J connectivity index is 1.81. The van der Waals surface area contributed by atoms with Gasteiger partial charge >= 0.3 is 0 Å². The highest BCUT2D eigenvalue weighted by molar-refractivity contribution is 7.91. The Bertz CT molecular complexity index is 623. The van der Waals surface area contributed by atoms with E-state index in [0.717, 1.165) is 5.56 Å². The Morgan fingerprint density at radius 1 is 1.45 bits per heavy atom. The van der Waals surface area contributed by atoms with Gasteiger partial charge in [-0.1, -0.05) is 12.1 Å². The van der Waals surface area contributed by atoms with Crippen molar-refractivity contribution in [2.45, 2.75) is 6.42 Å². The van der Waals surface area contributed by atoms with Gasteiger partial charge in [0.25, 0.3) is 0 Å². The van der Waals surface area contributed by atoms with Crippen molar-refractivity contribution in [3.05, 3.63) is 35.9 Å². The lowest BCUT2D eigenvalue weighted by atomic mass is 10.1. The van der Waals surface area contributed by atoms with E-state index in [1.54, 1.807) is 18.2 Å². The van der Waals surface area contributed by atoms with Crippen LogP contribution >= 0.6 is 0 Å². The standard InChI is InChI=1S/C14H18N2O3S/c15-13-3-1-2-11(8-13)4-5-14(17)16-9-12-6-7-20(18,19)10-12/h1-5,8,12H,6-7,9-10,15H2,(H,16,17)/b5-4+. The zero-order valence-corrected chi connectivity index (χ0v) is 11.9. The minimum absolute atomic E-state index is 0.0321. The van der Waals surface area contributed by atoms with Crippen LogP contribution in [0.1, 0.15) is 12.0 Å². The molecular formula is C14H18N2O3S. The van der Waals surface area contributed by atoms with Gasteiger partial charge in [0.2, 0.25) is 5.91 Å². The van der Waals surface area contributed by atoms with Gasteiger partial charge in [-0.25, -0.2) is 8.42 Å². The predicted octanol–water partition coefficient (Wildman–Crippen LogP) is 0.833. The summed E-state index contributed by atoms with van der Waals surface area (Å²) in [5.41, 5.74) is 7.13. The Labute approximate surface area is 118 Å².